The number of anilines is 1. The number of aryl methyl sites for hydroxylation is 1. The van der Waals surface area contributed by atoms with Crippen LogP contribution in [0.25, 0.3) is 11.0 Å². The SMILES string of the molecule is CC(C)n1ncc2cc(NC(=O)CCCc3cccs3)cnc21. The third kappa shape index (κ3) is 3.76. The van der Waals surface area contributed by atoms with Crippen LogP contribution in [0.4, 0.5) is 5.69 Å². The highest BCUT2D eigenvalue weighted by molar-refractivity contribution is 7.09. The molecule has 3 heterocycles. The Bertz CT molecular complexity index is 792. The lowest BCUT2D eigenvalue weighted by atomic mass is 10.2. The summed E-state index contributed by atoms with van der Waals surface area (Å²) in [6.07, 6.45) is 5.80. The van der Waals surface area contributed by atoms with Gasteiger partial charge >= 0.3 is 0 Å². The van der Waals surface area contributed by atoms with Gasteiger partial charge in [-0.15, -0.1) is 11.3 Å². The van der Waals surface area contributed by atoms with Gasteiger partial charge in [0.15, 0.2) is 5.65 Å². The number of thiophene rings is 1. The van der Waals surface area contributed by atoms with E-state index in [0.29, 0.717) is 6.42 Å². The van der Waals surface area contributed by atoms with Crippen molar-refractivity contribution in [3.8, 4) is 0 Å². The smallest absolute Gasteiger partial charge is 0.224 e. The van der Waals surface area contributed by atoms with Crippen molar-refractivity contribution in [2.24, 2.45) is 0 Å². The summed E-state index contributed by atoms with van der Waals surface area (Å²) in [7, 11) is 0. The van der Waals surface area contributed by atoms with E-state index in [0.717, 1.165) is 29.6 Å². The minimum atomic E-state index is 0.0268. The van der Waals surface area contributed by atoms with Crippen molar-refractivity contribution < 1.29 is 4.79 Å². The van der Waals surface area contributed by atoms with Gasteiger partial charge in [0.1, 0.15) is 0 Å². The Labute approximate surface area is 139 Å². The average molecular weight is 328 g/mol. The number of rotatable bonds is 6. The number of nitrogens with zero attached hydrogens (tertiary/aromatic N) is 3. The van der Waals surface area contributed by atoms with Crippen molar-refractivity contribution in [1.82, 2.24) is 14.8 Å². The van der Waals surface area contributed by atoms with Crippen LogP contribution in [0.3, 0.4) is 0 Å². The predicted octanol–water partition coefficient (Wildman–Crippen LogP) is 4.04. The number of pyridine rings is 1. The Kier molecular flexibility index (Phi) is 4.71. The number of aromatic nitrogens is 3. The molecule has 0 saturated heterocycles. The van der Waals surface area contributed by atoms with Crippen LogP contribution < -0.4 is 5.32 Å². The first-order valence-corrected chi connectivity index (χ1v) is 8.67. The van der Waals surface area contributed by atoms with E-state index in [1.165, 1.54) is 4.88 Å². The number of amides is 1. The third-order valence-corrected chi connectivity index (χ3v) is 4.55. The molecule has 0 aromatic carbocycles. The minimum Gasteiger partial charge on any atom is -0.325 e. The minimum absolute atomic E-state index is 0.0268. The van der Waals surface area contributed by atoms with E-state index < -0.39 is 0 Å². The normalized spacial score (nSPS) is 11.3. The Hall–Kier alpha value is -2.21. The Balaban J connectivity index is 1.59. The predicted molar refractivity (Wildman–Crippen MR) is 93.8 cm³/mol. The summed E-state index contributed by atoms with van der Waals surface area (Å²) >= 11 is 1.73. The number of fused-ring (bicyclic) bond motifs is 1. The molecule has 5 nitrogen and oxygen atoms in total. The van der Waals surface area contributed by atoms with E-state index in [2.05, 4.69) is 40.7 Å². The van der Waals surface area contributed by atoms with Gasteiger partial charge in [0, 0.05) is 22.7 Å². The van der Waals surface area contributed by atoms with Crippen molar-refractivity contribution in [3.05, 3.63) is 40.8 Å². The zero-order valence-electron chi connectivity index (χ0n) is 13.3. The second-order valence-corrected chi connectivity index (χ2v) is 6.83. The average Bonchev–Trinajstić information content (AvgIpc) is 3.15. The van der Waals surface area contributed by atoms with Crippen molar-refractivity contribution in [3.63, 3.8) is 0 Å². The molecule has 3 rings (SSSR count). The molecule has 3 aromatic rings. The number of carbonyl (C=O) groups excluding carboxylic acids is 1. The molecule has 23 heavy (non-hydrogen) atoms. The molecule has 0 saturated carbocycles. The lowest BCUT2D eigenvalue weighted by Gasteiger charge is -2.07. The zero-order chi connectivity index (χ0) is 16.2. The highest BCUT2D eigenvalue weighted by Gasteiger charge is 2.09. The third-order valence-electron chi connectivity index (χ3n) is 3.61. The number of nitrogens with one attached hydrogen (secondary N) is 1. The van der Waals surface area contributed by atoms with Crippen LogP contribution in [0.5, 0.6) is 0 Å². The van der Waals surface area contributed by atoms with Gasteiger partial charge < -0.3 is 5.32 Å². The maximum Gasteiger partial charge on any atom is 0.224 e. The lowest BCUT2D eigenvalue weighted by Crippen LogP contribution is -2.11. The van der Waals surface area contributed by atoms with Crippen LogP contribution in [-0.4, -0.2) is 20.7 Å². The Morgan fingerprint density at radius 3 is 3.00 bits per heavy atom. The van der Waals surface area contributed by atoms with Gasteiger partial charge in [-0.05, 0) is 44.2 Å². The summed E-state index contributed by atoms with van der Waals surface area (Å²) in [5, 5.41) is 10.3. The monoisotopic (exact) mass is 328 g/mol. The van der Waals surface area contributed by atoms with Gasteiger partial charge in [-0.3, -0.25) is 4.79 Å². The summed E-state index contributed by atoms with van der Waals surface area (Å²) in [5.74, 6) is 0.0268. The van der Waals surface area contributed by atoms with Gasteiger partial charge in [-0.1, -0.05) is 6.07 Å². The van der Waals surface area contributed by atoms with Gasteiger partial charge in [0.2, 0.25) is 5.91 Å². The fourth-order valence-electron chi connectivity index (χ4n) is 2.49. The number of hydrogen-bond acceptors (Lipinski definition) is 4. The maximum atomic E-state index is 12.0. The largest absolute Gasteiger partial charge is 0.325 e. The standard InChI is InChI=1S/C17H20N4OS/c1-12(2)21-17-13(10-19-21)9-14(11-18-17)20-16(22)7-3-5-15-6-4-8-23-15/h4,6,8-12H,3,5,7H2,1-2H3,(H,20,22). The van der Waals surface area contributed by atoms with Gasteiger partial charge in [0.05, 0.1) is 18.1 Å². The van der Waals surface area contributed by atoms with E-state index in [-0.39, 0.29) is 11.9 Å². The molecule has 0 unspecified atom stereocenters. The first-order chi connectivity index (χ1) is 11.1. The van der Waals surface area contributed by atoms with Crippen LogP contribution in [0.2, 0.25) is 0 Å². The van der Waals surface area contributed by atoms with E-state index >= 15 is 0 Å². The van der Waals surface area contributed by atoms with E-state index in [4.69, 9.17) is 0 Å². The molecular weight excluding hydrogens is 308 g/mol. The summed E-state index contributed by atoms with van der Waals surface area (Å²) in [6, 6.07) is 6.33. The topological polar surface area (TPSA) is 59.8 Å². The fraction of sp³-hybridized carbons (Fsp3) is 0.353. The molecule has 0 spiro atoms. The molecule has 0 radical (unpaired) electrons. The second-order valence-electron chi connectivity index (χ2n) is 5.80. The molecule has 1 N–H and O–H groups in total. The highest BCUT2D eigenvalue weighted by Crippen LogP contribution is 2.19. The zero-order valence-corrected chi connectivity index (χ0v) is 14.1. The van der Waals surface area contributed by atoms with E-state index in [1.807, 2.05) is 16.8 Å². The Morgan fingerprint density at radius 1 is 1.39 bits per heavy atom. The molecule has 3 aromatic heterocycles. The quantitative estimate of drug-likeness (QED) is 0.743. The van der Waals surface area contributed by atoms with Crippen LogP contribution in [0.15, 0.2) is 36.0 Å². The van der Waals surface area contributed by atoms with Gasteiger partial charge in [-0.2, -0.15) is 5.10 Å². The molecular formula is C17H20N4OS. The van der Waals surface area contributed by atoms with Crippen molar-refractivity contribution >= 4 is 34.0 Å². The first-order valence-electron chi connectivity index (χ1n) is 7.79. The van der Waals surface area contributed by atoms with Crippen molar-refractivity contribution in [2.75, 3.05) is 5.32 Å². The summed E-state index contributed by atoms with van der Waals surface area (Å²) in [6.45, 7) is 4.13. The molecule has 0 fully saturated rings. The summed E-state index contributed by atoms with van der Waals surface area (Å²) < 4.78 is 1.88. The molecule has 6 heteroatoms. The molecule has 120 valence electrons. The maximum absolute atomic E-state index is 12.0. The number of carbonyl (C=O) groups is 1. The molecule has 1 amide bonds. The molecule has 0 aliphatic heterocycles. The van der Waals surface area contributed by atoms with Crippen LogP contribution in [0, 0.1) is 0 Å². The van der Waals surface area contributed by atoms with Gasteiger partial charge in [-0.25, -0.2) is 9.67 Å². The van der Waals surface area contributed by atoms with Crippen LogP contribution >= 0.6 is 11.3 Å². The summed E-state index contributed by atoms with van der Waals surface area (Å²) in [4.78, 5) is 17.8. The lowest BCUT2D eigenvalue weighted by molar-refractivity contribution is -0.116. The van der Waals surface area contributed by atoms with Crippen LogP contribution in [0.1, 0.15) is 37.6 Å². The van der Waals surface area contributed by atoms with Crippen molar-refractivity contribution in [2.45, 2.75) is 39.2 Å². The van der Waals surface area contributed by atoms with Crippen LogP contribution in [-0.2, 0) is 11.2 Å². The highest BCUT2D eigenvalue weighted by atomic mass is 32.1. The second kappa shape index (κ2) is 6.91. The molecule has 0 bridgehead atoms. The molecule has 0 aliphatic rings. The van der Waals surface area contributed by atoms with E-state index in [9.17, 15) is 4.79 Å². The van der Waals surface area contributed by atoms with Gasteiger partial charge in [0.25, 0.3) is 0 Å². The Morgan fingerprint density at radius 2 is 2.26 bits per heavy atom. The van der Waals surface area contributed by atoms with E-state index in [1.54, 1.807) is 23.7 Å². The number of hydrogen-bond donors (Lipinski definition) is 1. The first kappa shape index (κ1) is 15.7. The van der Waals surface area contributed by atoms with Crippen molar-refractivity contribution in [1.29, 1.82) is 0 Å². The fourth-order valence-corrected chi connectivity index (χ4v) is 3.24. The molecule has 0 aliphatic carbocycles. The molecule has 0 atom stereocenters. The summed E-state index contributed by atoms with van der Waals surface area (Å²) in [5.41, 5.74) is 1.57.